The smallest absolute Gasteiger partial charge is 0.321 e. The van der Waals surface area contributed by atoms with Crippen LogP contribution in [-0.4, -0.2) is 22.4 Å². The van der Waals surface area contributed by atoms with E-state index >= 15 is 0 Å². The highest BCUT2D eigenvalue weighted by Gasteiger charge is 2.14. The summed E-state index contributed by atoms with van der Waals surface area (Å²) in [6, 6.07) is 10.4. The maximum atomic E-state index is 11.8. The number of rotatable bonds is 6. The van der Waals surface area contributed by atoms with Crippen molar-refractivity contribution in [1.82, 2.24) is 10.3 Å². The van der Waals surface area contributed by atoms with Crippen LogP contribution in [0.3, 0.4) is 0 Å². The van der Waals surface area contributed by atoms with Crippen molar-refractivity contribution in [3.63, 3.8) is 0 Å². The van der Waals surface area contributed by atoms with Crippen molar-refractivity contribution in [3.05, 3.63) is 63.3 Å². The molecule has 0 atom stereocenters. The normalized spacial score (nSPS) is 10.3. The van der Waals surface area contributed by atoms with Crippen LogP contribution >= 0.6 is 0 Å². The number of amides is 1. The molecule has 0 aliphatic carbocycles. The summed E-state index contributed by atoms with van der Waals surface area (Å²) in [5.41, 5.74) is 7.74. The number of hydrogen-bond donors (Lipinski definition) is 3. The fourth-order valence-corrected chi connectivity index (χ4v) is 1.89. The van der Waals surface area contributed by atoms with E-state index in [1.807, 2.05) is 24.3 Å². The van der Waals surface area contributed by atoms with Crippen molar-refractivity contribution in [2.75, 3.05) is 6.54 Å². The Morgan fingerprint density at radius 1 is 1.19 bits per heavy atom. The highest BCUT2D eigenvalue weighted by Crippen LogP contribution is 2.10. The SMILES string of the molecule is NCCc1ccc(CNC(=O)c2ccc([N+](=O)[O-])[nH]2)cc1. The fourth-order valence-electron chi connectivity index (χ4n) is 1.89. The molecule has 2 rings (SSSR count). The molecule has 0 fully saturated rings. The van der Waals surface area contributed by atoms with E-state index in [4.69, 9.17) is 5.73 Å². The Balaban J connectivity index is 1.92. The molecule has 0 radical (unpaired) electrons. The number of aromatic amines is 1. The van der Waals surface area contributed by atoms with Gasteiger partial charge in [-0.15, -0.1) is 0 Å². The van der Waals surface area contributed by atoms with Gasteiger partial charge in [-0.3, -0.25) is 4.79 Å². The van der Waals surface area contributed by atoms with E-state index in [2.05, 4.69) is 10.3 Å². The summed E-state index contributed by atoms with van der Waals surface area (Å²) >= 11 is 0. The Kier molecular flexibility index (Phi) is 4.68. The van der Waals surface area contributed by atoms with Crippen LogP contribution in [0.15, 0.2) is 36.4 Å². The number of nitrogens with one attached hydrogen (secondary N) is 2. The maximum absolute atomic E-state index is 11.8. The lowest BCUT2D eigenvalue weighted by atomic mass is 10.1. The lowest BCUT2D eigenvalue weighted by molar-refractivity contribution is -0.389. The van der Waals surface area contributed by atoms with E-state index in [1.165, 1.54) is 12.1 Å². The minimum Gasteiger partial charge on any atom is -0.358 e. The van der Waals surface area contributed by atoms with Crippen molar-refractivity contribution in [2.24, 2.45) is 5.73 Å². The quantitative estimate of drug-likeness (QED) is 0.550. The lowest BCUT2D eigenvalue weighted by Gasteiger charge is -2.04. The average molecular weight is 288 g/mol. The summed E-state index contributed by atoms with van der Waals surface area (Å²) in [6.07, 6.45) is 0.818. The first-order valence-electron chi connectivity index (χ1n) is 6.49. The van der Waals surface area contributed by atoms with E-state index in [-0.39, 0.29) is 17.4 Å². The van der Waals surface area contributed by atoms with Gasteiger partial charge in [-0.05, 0) is 35.1 Å². The van der Waals surface area contributed by atoms with E-state index in [9.17, 15) is 14.9 Å². The van der Waals surface area contributed by atoms with Crippen molar-refractivity contribution >= 4 is 11.7 Å². The third-order valence-corrected chi connectivity index (χ3v) is 3.02. The van der Waals surface area contributed by atoms with Gasteiger partial charge >= 0.3 is 5.82 Å². The molecule has 1 aromatic heterocycles. The van der Waals surface area contributed by atoms with Crippen LogP contribution in [0.5, 0.6) is 0 Å². The standard InChI is InChI=1S/C14H16N4O3/c15-8-7-10-1-3-11(4-2-10)9-16-14(19)12-5-6-13(17-12)18(20)21/h1-6,17H,7-9,15H2,(H,16,19). The van der Waals surface area contributed by atoms with Gasteiger partial charge in [-0.2, -0.15) is 0 Å². The molecule has 1 aromatic carbocycles. The largest absolute Gasteiger partial charge is 0.358 e. The predicted molar refractivity (Wildman–Crippen MR) is 77.8 cm³/mol. The molecule has 110 valence electrons. The Bertz CT molecular complexity index is 634. The van der Waals surface area contributed by atoms with E-state index in [1.54, 1.807) is 0 Å². The van der Waals surface area contributed by atoms with Gasteiger partial charge in [0, 0.05) is 12.6 Å². The van der Waals surface area contributed by atoms with Gasteiger partial charge in [-0.1, -0.05) is 24.3 Å². The number of H-pyrrole nitrogens is 1. The summed E-state index contributed by atoms with van der Waals surface area (Å²) in [5.74, 6) is -0.583. The van der Waals surface area contributed by atoms with E-state index in [0.717, 1.165) is 17.5 Å². The summed E-state index contributed by atoms with van der Waals surface area (Å²) in [6.45, 7) is 0.955. The number of nitro groups is 1. The molecule has 0 bridgehead atoms. The van der Waals surface area contributed by atoms with Crippen molar-refractivity contribution in [1.29, 1.82) is 0 Å². The molecule has 0 aliphatic heterocycles. The van der Waals surface area contributed by atoms with Crippen LogP contribution in [0.25, 0.3) is 0 Å². The molecule has 1 amide bonds. The minimum absolute atomic E-state index is 0.168. The van der Waals surface area contributed by atoms with Crippen molar-refractivity contribution in [3.8, 4) is 0 Å². The maximum Gasteiger partial charge on any atom is 0.321 e. The first-order valence-corrected chi connectivity index (χ1v) is 6.49. The molecular formula is C14H16N4O3. The Morgan fingerprint density at radius 2 is 1.86 bits per heavy atom. The second kappa shape index (κ2) is 6.67. The van der Waals surface area contributed by atoms with Crippen LogP contribution in [0.2, 0.25) is 0 Å². The number of carbonyl (C=O) groups excluding carboxylic acids is 1. The van der Waals surface area contributed by atoms with Gasteiger partial charge in [0.15, 0.2) is 5.69 Å². The molecule has 1 heterocycles. The average Bonchev–Trinajstić information content (AvgIpc) is 2.97. The zero-order valence-electron chi connectivity index (χ0n) is 11.3. The van der Waals surface area contributed by atoms with Gasteiger partial charge in [0.1, 0.15) is 0 Å². The number of nitrogens with zero attached hydrogens (tertiary/aromatic N) is 1. The molecule has 2 aromatic rings. The fraction of sp³-hybridized carbons (Fsp3) is 0.214. The van der Waals surface area contributed by atoms with E-state index in [0.29, 0.717) is 13.1 Å². The van der Waals surface area contributed by atoms with Gasteiger partial charge in [-0.25, -0.2) is 4.98 Å². The second-order valence-electron chi connectivity index (χ2n) is 4.55. The van der Waals surface area contributed by atoms with Crippen LogP contribution in [0.1, 0.15) is 21.6 Å². The zero-order valence-corrected chi connectivity index (χ0v) is 11.3. The third kappa shape index (κ3) is 3.90. The monoisotopic (exact) mass is 288 g/mol. The molecule has 0 saturated heterocycles. The Morgan fingerprint density at radius 3 is 2.43 bits per heavy atom. The number of carbonyl (C=O) groups is 1. The van der Waals surface area contributed by atoms with Gasteiger partial charge in [0.25, 0.3) is 5.91 Å². The molecule has 0 aliphatic rings. The minimum atomic E-state index is -0.576. The van der Waals surface area contributed by atoms with Crippen LogP contribution in [0.4, 0.5) is 5.82 Å². The summed E-state index contributed by atoms with van der Waals surface area (Å²) in [5, 5.41) is 13.2. The highest BCUT2D eigenvalue weighted by atomic mass is 16.6. The molecule has 21 heavy (non-hydrogen) atoms. The second-order valence-corrected chi connectivity index (χ2v) is 4.55. The molecule has 0 unspecified atom stereocenters. The van der Waals surface area contributed by atoms with Gasteiger partial charge in [0.05, 0.1) is 0 Å². The zero-order chi connectivity index (χ0) is 15.2. The van der Waals surface area contributed by atoms with Crippen molar-refractivity contribution in [2.45, 2.75) is 13.0 Å². The molecular weight excluding hydrogens is 272 g/mol. The van der Waals surface area contributed by atoms with Crippen LogP contribution in [0, 0.1) is 10.1 Å². The molecule has 7 nitrogen and oxygen atoms in total. The van der Waals surface area contributed by atoms with Crippen LogP contribution in [-0.2, 0) is 13.0 Å². The van der Waals surface area contributed by atoms with Gasteiger partial charge in [0.2, 0.25) is 0 Å². The van der Waals surface area contributed by atoms with Crippen LogP contribution < -0.4 is 11.1 Å². The topological polar surface area (TPSA) is 114 Å². The van der Waals surface area contributed by atoms with Gasteiger partial charge < -0.3 is 21.2 Å². The predicted octanol–water partition coefficient (Wildman–Crippen LogP) is 1.35. The summed E-state index contributed by atoms with van der Waals surface area (Å²) in [7, 11) is 0. The van der Waals surface area contributed by atoms with E-state index < -0.39 is 4.92 Å². The van der Waals surface area contributed by atoms with Crippen molar-refractivity contribution < 1.29 is 9.72 Å². The number of aromatic nitrogens is 1. The molecule has 7 heteroatoms. The highest BCUT2D eigenvalue weighted by molar-refractivity contribution is 5.92. The summed E-state index contributed by atoms with van der Waals surface area (Å²) in [4.78, 5) is 24.2. The number of hydrogen-bond acceptors (Lipinski definition) is 4. The molecule has 0 saturated carbocycles. The first kappa shape index (κ1) is 14.7. The Hall–Kier alpha value is -2.67. The first-order chi connectivity index (χ1) is 10.1. The number of nitrogens with two attached hydrogens (primary N) is 1. The molecule has 0 spiro atoms. The molecule has 4 N–H and O–H groups in total. The summed E-state index contributed by atoms with van der Waals surface area (Å²) < 4.78 is 0. The third-order valence-electron chi connectivity index (χ3n) is 3.02. The lowest BCUT2D eigenvalue weighted by Crippen LogP contribution is -2.23. The Labute approximate surface area is 121 Å². The number of benzene rings is 1.